The number of amides is 3. The molecule has 2 atom stereocenters. The van der Waals surface area contributed by atoms with E-state index in [0.717, 1.165) is 22.3 Å². The van der Waals surface area contributed by atoms with Gasteiger partial charge in [0, 0.05) is 22.9 Å². The first-order chi connectivity index (χ1) is 20.3. The summed E-state index contributed by atoms with van der Waals surface area (Å²) in [5, 5.41) is 22.0. The molecule has 12 nitrogen and oxygen atoms in total. The summed E-state index contributed by atoms with van der Waals surface area (Å²) in [6.07, 6.45) is 3.20. The molecule has 6 rings (SSSR count). The van der Waals surface area contributed by atoms with Crippen molar-refractivity contribution in [3.05, 3.63) is 78.4 Å². The Balaban J connectivity index is 1.25. The predicted octanol–water partition coefficient (Wildman–Crippen LogP) is 2.87. The van der Waals surface area contributed by atoms with Gasteiger partial charge in [0.1, 0.15) is 24.6 Å². The maximum Gasteiger partial charge on any atom is 0.269 e. The van der Waals surface area contributed by atoms with E-state index in [1.54, 1.807) is 42.9 Å². The molecule has 1 fully saturated rings. The van der Waals surface area contributed by atoms with E-state index in [-0.39, 0.29) is 25.2 Å². The van der Waals surface area contributed by atoms with Crippen molar-refractivity contribution in [3.8, 4) is 22.3 Å². The number of halogens is 1. The fraction of sp³-hybridized carbons (Fsp3) is 0.207. The molecule has 1 saturated heterocycles. The average Bonchev–Trinajstić information content (AvgIpc) is 3.71. The fourth-order valence-electron chi connectivity index (χ4n) is 5.32. The number of alkyl halides is 1. The van der Waals surface area contributed by atoms with Crippen molar-refractivity contribution in [2.24, 2.45) is 5.73 Å². The van der Waals surface area contributed by atoms with Crippen LogP contribution < -0.4 is 11.1 Å². The normalized spacial score (nSPS) is 16.6. The maximum absolute atomic E-state index is 14.6. The Morgan fingerprint density at radius 3 is 2.67 bits per heavy atom. The average molecular weight is 568 g/mol. The summed E-state index contributed by atoms with van der Waals surface area (Å²) >= 11 is 0. The first-order valence-corrected chi connectivity index (χ1v) is 13.2. The number of aromatic amines is 1. The van der Waals surface area contributed by atoms with E-state index in [1.807, 2.05) is 31.2 Å². The van der Waals surface area contributed by atoms with Gasteiger partial charge in [0.2, 0.25) is 11.8 Å². The van der Waals surface area contributed by atoms with Crippen LogP contribution >= 0.6 is 0 Å². The molecular formula is C29H26FN9O3. The molecule has 2 unspecified atom stereocenters. The van der Waals surface area contributed by atoms with Crippen LogP contribution in [0.2, 0.25) is 0 Å². The second-order valence-electron chi connectivity index (χ2n) is 10.1. The zero-order valence-electron chi connectivity index (χ0n) is 22.5. The second-order valence-corrected chi connectivity index (χ2v) is 10.1. The van der Waals surface area contributed by atoms with Crippen LogP contribution in [0.1, 0.15) is 22.5 Å². The molecule has 4 N–H and O–H groups in total. The Morgan fingerprint density at radius 2 is 1.90 bits per heavy atom. The molecule has 1 aliphatic heterocycles. The number of H-pyrrole nitrogens is 1. The van der Waals surface area contributed by atoms with Crippen LogP contribution in [0.15, 0.2) is 67.1 Å². The number of fused-ring (bicyclic) bond motifs is 1. The maximum atomic E-state index is 14.6. The standard InChI is InChI=1S/C29H26FN9O3/c1-16-4-2-3-5-20(16)22-13-34-36-28(22)35-29(42)24-11-19(30)14-38(24)25(40)15-39-23-7-6-17(18-8-9-32-33-12-18)10-21(23)26(37-39)27(31)41/h2-10,12-13,19,24H,11,14-15H2,1H3,(H2,31,41)(H2,34,35,36,42). The molecule has 0 bridgehead atoms. The minimum Gasteiger partial charge on any atom is -0.364 e. The summed E-state index contributed by atoms with van der Waals surface area (Å²) in [5.74, 6) is -1.47. The van der Waals surface area contributed by atoms with E-state index < -0.39 is 29.9 Å². The van der Waals surface area contributed by atoms with Gasteiger partial charge in [0.05, 0.1) is 30.7 Å². The Labute approximate surface area is 238 Å². The number of hydrogen-bond donors (Lipinski definition) is 3. The van der Waals surface area contributed by atoms with Gasteiger partial charge in [-0.05, 0) is 41.8 Å². The van der Waals surface area contributed by atoms with E-state index in [1.165, 1.54) is 9.58 Å². The molecule has 3 aromatic heterocycles. The molecule has 0 spiro atoms. The molecule has 5 aromatic rings. The zero-order valence-corrected chi connectivity index (χ0v) is 22.5. The number of primary amides is 1. The van der Waals surface area contributed by atoms with Gasteiger partial charge in [-0.2, -0.15) is 20.4 Å². The number of aromatic nitrogens is 6. The van der Waals surface area contributed by atoms with Crippen LogP contribution in [-0.2, 0) is 16.1 Å². The van der Waals surface area contributed by atoms with Gasteiger partial charge in [-0.1, -0.05) is 30.3 Å². The van der Waals surface area contributed by atoms with Gasteiger partial charge in [-0.25, -0.2) is 4.39 Å². The highest BCUT2D eigenvalue weighted by Crippen LogP contribution is 2.30. The van der Waals surface area contributed by atoms with Crippen molar-refractivity contribution in [2.45, 2.75) is 32.1 Å². The summed E-state index contributed by atoms with van der Waals surface area (Å²) < 4.78 is 16.0. The lowest BCUT2D eigenvalue weighted by Gasteiger charge is -2.23. The summed E-state index contributed by atoms with van der Waals surface area (Å²) in [7, 11) is 0. The van der Waals surface area contributed by atoms with Crippen molar-refractivity contribution >= 4 is 34.4 Å². The molecule has 13 heteroatoms. The number of likely N-dealkylation sites (tertiary alicyclic amines) is 1. The van der Waals surface area contributed by atoms with Crippen LogP contribution in [-0.4, -0.2) is 71.6 Å². The number of nitrogens with zero attached hydrogens (tertiary/aromatic N) is 6. The van der Waals surface area contributed by atoms with E-state index >= 15 is 0 Å². The molecule has 1 aliphatic rings. The van der Waals surface area contributed by atoms with Gasteiger partial charge >= 0.3 is 0 Å². The number of rotatable bonds is 7. The van der Waals surface area contributed by atoms with Crippen LogP contribution in [0.3, 0.4) is 0 Å². The first kappa shape index (κ1) is 26.7. The van der Waals surface area contributed by atoms with E-state index in [2.05, 4.69) is 30.8 Å². The Bertz CT molecular complexity index is 1820. The lowest BCUT2D eigenvalue weighted by molar-refractivity contribution is -0.137. The molecule has 212 valence electrons. The van der Waals surface area contributed by atoms with Crippen LogP contribution in [0.4, 0.5) is 10.2 Å². The number of hydrogen-bond acceptors (Lipinski definition) is 7. The number of benzene rings is 2. The Morgan fingerprint density at radius 1 is 1.07 bits per heavy atom. The fourth-order valence-corrected chi connectivity index (χ4v) is 5.32. The van der Waals surface area contributed by atoms with E-state index in [0.29, 0.717) is 22.3 Å². The lowest BCUT2D eigenvalue weighted by Crippen LogP contribution is -2.44. The van der Waals surface area contributed by atoms with Crippen molar-refractivity contribution < 1.29 is 18.8 Å². The van der Waals surface area contributed by atoms with Crippen molar-refractivity contribution in [3.63, 3.8) is 0 Å². The summed E-state index contributed by atoms with van der Waals surface area (Å²) in [4.78, 5) is 40.3. The highest BCUT2D eigenvalue weighted by molar-refractivity contribution is 6.05. The highest BCUT2D eigenvalue weighted by Gasteiger charge is 2.40. The number of carbonyl (C=O) groups excluding carboxylic acids is 3. The quantitative estimate of drug-likeness (QED) is 0.272. The van der Waals surface area contributed by atoms with Crippen molar-refractivity contribution in [1.29, 1.82) is 0 Å². The minimum absolute atomic E-state index is 0.0104. The van der Waals surface area contributed by atoms with E-state index in [9.17, 15) is 18.8 Å². The third-order valence-corrected chi connectivity index (χ3v) is 7.38. The Hall–Kier alpha value is -5.46. The molecule has 0 saturated carbocycles. The molecule has 0 aliphatic carbocycles. The summed E-state index contributed by atoms with van der Waals surface area (Å²) in [6.45, 7) is 1.37. The smallest absolute Gasteiger partial charge is 0.269 e. The van der Waals surface area contributed by atoms with Crippen LogP contribution in [0.5, 0.6) is 0 Å². The van der Waals surface area contributed by atoms with Gasteiger partial charge in [-0.3, -0.25) is 24.2 Å². The molecule has 4 heterocycles. The molecule has 0 radical (unpaired) electrons. The third kappa shape index (κ3) is 4.96. The Kier molecular flexibility index (Phi) is 6.90. The zero-order chi connectivity index (χ0) is 29.4. The van der Waals surface area contributed by atoms with E-state index in [4.69, 9.17) is 5.73 Å². The third-order valence-electron chi connectivity index (χ3n) is 7.38. The van der Waals surface area contributed by atoms with Crippen LogP contribution in [0, 0.1) is 6.92 Å². The molecule has 3 amide bonds. The van der Waals surface area contributed by atoms with Gasteiger partial charge in [0.25, 0.3) is 5.91 Å². The number of carbonyl (C=O) groups is 3. The molecule has 2 aromatic carbocycles. The predicted molar refractivity (Wildman–Crippen MR) is 152 cm³/mol. The topological polar surface area (TPSA) is 165 Å². The largest absolute Gasteiger partial charge is 0.364 e. The monoisotopic (exact) mass is 567 g/mol. The van der Waals surface area contributed by atoms with Gasteiger partial charge in [0.15, 0.2) is 5.69 Å². The number of anilines is 1. The number of nitrogens with one attached hydrogen (secondary N) is 2. The number of aryl methyl sites for hydroxylation is 1. The van der Waals surface area contributed by atoms with Crippen molar-refractivity contribution in [1.82, 2.24) is 35.1 Å². The highest BCUT2D eigenvalue weighted by atomic mass is 19.1. The summed E-state index contributed by atoms with van der Waals surface area (Å²) in [6, 6.07) is 13.6. The SMILES string of the molecule is Cc1ccccc1-c1cn[nH]c1NC(=O)C1CC(F)CN1C(=O)Cn1nc(C(N)=O)c2cc(-c3ccnnc3)ccc21. The second kappa shape index (κ2) is 10.8. The lowest BCUT2D eigenvalue weighted by atomic mass is 10.0. The van der Waals surface area contributed by atoms with Crippen molar-refractivity contribution in [2.75, 3.05) is 11.9 Å². The molecule has 42 heavy (non-hydrogen) atoms. The minimum atomic E-state index is -1.38. The van der Waals surface area contributed by atoms with Gasteiger partial charge < -0.3 is 16.0 Å². The molecular weight excluding hydrogens is 541 g/mol. The van der Waals surface area contributed by atoms with Crippen LogP contribution in [0.25, 0.3) is 33.2 Å². The first-order valence-electron chi connectivity index (χ1n) is 13.2. The summed E-state index contributed by atoms with van der Waals surface area (Å²) in [5.41, 5.74) is 10.1. The van der Waals surface area contributed by atoms with Gasteiger partial charge in [-0.15, -0.1) is 0 Å². The number of nitrogens with two attached hydrogens (primary N) is 1.